The van der Waals surface area contributed by atoms with Crippen LogP contribution in [0.5, 0.6) is 0 Å². The lowest BCUT2D eigenvalue weighted by atomic mass is 9.81. The third kappa shape index (κ3) is 3.67. The van der Waals surface area contributed by atoms with Crippen LogP contribution in [-0.2, 0) is 12.0 Å². The number of benzene rings is 1. The van der Waals surface area contributed by atoms with Gasteiger partial charge in [0.05, 0.1) is 13.1 Å². The molecule has 0 bridgehead atoms. The van der Waals surface area contributed by atoms with Gasteiger partial charge < -0.3 is 14.7 Å². The molecule has 1 fully saturated rings. The predicted octanol–water partition coefficient (Wildman–Crippen LogP) is 3.43. The molecule has 3 aromatic rings. The van der Waals surface area contributed by atoms with Crippen LogP contribution in [0.4, 0.5) is 0 Å². The molecule has 2 aromatic heterocycles. The minimum absolute atomic E-state index is 0.199. The second-order valence-electron chi connectivity index (χ2n) is 7.96. The van der Waals surface area contributed by atoms with E-state index in [1.165, 1.54) is 0 Å². The highest BCUT2D eigenvalue weighted by atomic mass is 79.9. The van der Waals surface area contributed by atoms with Crippen molar-refractivity contribution in [3.05, 3.63) is 68.3 Å². The Morgan fingerprint density at radius 1 is 1.16 bits per heavy atom. The number of halogens is 1. The van der Waals surface area contributed by atoms with Crippen molar-refractivity contribution in [3.63, 3.8) is 0 Å². The third-order valence-electron chi connectivity index (χ3n) is 5.97. The quantitative estimate of drug-likeness (QED) is 0.575. The van der Waals surface area contributed by atoms with Crippen LogP contribution < -0.4 is 5.32 Å². The number of nitrogens with zero attached hydrogens (tertiary/aromatic N) is 3. The Bertz CT molecular complexity index is 1140. The molecule has 4 rings (SSSR count). The maximum absolute atomic E-state index is 13.0. The molecule has 0 saturated carbocycles. The van der Waals surface area contributed by atoms with Crippen LogP contribution in [0.25, 0.3) is 0 Å². The minimum atomic E-state index is -0.710. The van der Waals surface area contributed by atoms with E-state index in [-0.39, 0.29) is 11.8 Å². The highest BCUT2D eigenvalue weighted by molar-refractivity contribution is 9.10. The number of amides is 2. The Hall–Kier alpha value is -2.94. The Morgan fingerprint density at radius 3 is 2.39 bits per heavy atom. The van der Waals surface area contributed by atoms with Gasteiger partial charge in [-0.25, -0.2) is 0 Å². The lowest BCUT2D eigenvalue weighted by Crippen LogP contribution is -2.69. The van der Waals surface area contributed by atoms with Crippen molar-refractivity contribution >= 4 is 27.7 Å². The van der Waals surface area contributed by atoms with Crippen molar-refractivity contribution < 1.29 is 14.1 Å². The second kappa shape index (κ2) is 7.96. The van der Waals surface area contributed by atoms with E-state index in [0.717, 1.165) is 26.9 Å². The largest absolute Gasteiger partial charge is 0.360 e. The summed E-state index contributed by atoms with van der Waals surface area (Å²) in [6, 6.07) is 7.75. The maximum Gasteiger partial charge on any atom is 0.276 e. The van der Waals surface area contributed by atoms with E-state index in [4.69, 9.17) is 4.52 Å². The number of carbonyl (C=O) groups excluding carboxylic acids is 2. The fraction of sp³-hybridized carbons (Fsp3) is 0.364. The van der Waals surface area contributed by atoms with Gasteiger partial charge in [0.1, 0.15) is 11.3 Å². The third-order valence-corrected chi connectivity index (χ3v) is 6.50. The molecule has 0 spiro atoms. The summed E-state index contributed by atoms with van der Waals surface area (Å²) >= 11 is 3.45. The van der Waals surface area contributed by atoms with Gasteiger partial charge in [-0.1, -0.05) is 40.1 Å². The Labute approximate surface area is 188 Å². The molecule has 0 aliphatic carbocycles. The van der Waals surface area contributed by atoms with Crippen LogP contribution in [0.15, 0.2) is 33.3 Å². The summed E-state index contributed by atoms with van der Waals surface area (Å²) in [6.45, 7) is 8.19. The molecule has 31 heavy (non-hydrogen) atoms. The van der Waals surface area contributed by atoms with Gasteiger partial charge in [-0.2, -0.15) is 5.10 Å². The minimum Gasteiger partial charge on any atom is -0.360 e. The van der Waals surface area contributed by atoms with E-state index >= 15 is 0 Å². The van der Waals surface area contributed by atoms with Gasteiger partial charge in [0.2, 0.25) is 0 Å². The molecule has 1 aliphatic rings. The molecule has 1 aliphatic heterocycles. The Balaban J connectivity index is 1.60. The zero-order valence-electron chi connectivity index (χ0n) is 17.9. The van der Waals surface area contributed by atoms with Gasteiger partial charge in [0.25, 0.3) is 11.8 Å². The summed E-state index contributed by atoms with van der Waals surface area (Å²) in [5.41, 5.74) is 3.31. The molecule has 0 unspecified atom stereocenters. The Kier molecular flexibility index (Phi) is 5.47. The number of carbonyl (C=O) groups is 2. The molecule has 3 heterocycles. The molecule has 1 saturated heterocycles. The van der Waals surface area contributed by atoms with E-state index < -0.39 is 5.54 Å². The zero-order chi connectivity index (χ0) is 22.3. The molecule has 162 valence electrons. The fourth-order valence-corrected chi connectivity index (χ4v) is 4.15. The molecule has 8 nitrogen and oxygen atoms in total. The number of aryl methyl sites for hydroxylation is 2. The number of hydrogen-bond donors (Lipinski definition) is 2. The first kappa shape index (κ1) is 21.3. The molecule has 9 heteroatoms. The summed E-state index contributed by atoms with van der Waals surface area (Å²) in [5.74, 6) is 0.234. The van der Waals surface area contributed by atoms with Crippen molar-refractivity contribution in [3.8, 4) is 0 Å². The second-order valence-corrected chi connectivity index (χ2v) is 8.88. The van der Waals surface area contributed by atoms with E-state index in [9.17, 15) is 9.59 Å². The highest BCUT2D eigenvalue weighted by Gasteiger charge is 2.49. The SMILES string of the molecule is CCc1onc(C(=O)N2CC(NC(=O)c3n[nH]c(C)c3C)(c3ccc(Br)cc3)C2)c1C. The van der Waals surface area contributed by atoms with Gasteiger partial charge in [-0.15, -0.1) is 0 Å². The summed E-state index contributed by atoms with van der Waals surface area (Å²) in [6.07, 6.45) is 0.674. The average molecular weight is 486 g/mol. The normalized spacial score (nSPS) is 14.9. The maximum atomic E-state index is 13.0. The lowest BCUT2D eigenvalue weighted by Gasteiger charge is -2.50. The first-order chi connectivity index (χ1) is 14.8. The molecule has 2 amide bonds. The number of rotatable bonds is 5. The van der Waals surface area contributed by atoms with Crippen molar-refractivity contribution in [2.75, 3.05) is 13.1 Å². The number of H-pyrrole nitrogens is 1. The number of aromatic amines is 1. The topological polar surface area (TPSA) is 104 Å². The zero-order valence-corrected chi connectivity index (χ0v) is 19.5. The summed E-state index contributed by atoms with van der Waals surface area (Å²) in [7, 11) is 0. The number of likely N-dealkylation sites (tertiary alicyclic amines) is 1. The monoisotopic (exact) mass is 485 g/mol. The van der Waals surface area contributed by atoms with Crippen LogP contribution in [0.2, 0.25) is 0 Å². The van der Waals surface area contributed by atoms with E-state index in [1.54, 1.807) is 4.90 Å². The van der Waals surface area contributed by atoms with Gasteiger partial charge >= 0.3 is 0 Å². The average Bonchev–Trinajstić information content (AvgIpc) is 3.26. The molecular formula is C22H24BrN5O3. The van der Waals surface area contributed by atoms with Crippen molar-refractivity contribution in [2.24, 2.45) is 0 Å². The lowest BCUT2D eigenvalue weighted by molar-refractivity contribution is 0.0252. The highest BCUT2D eigenvalue weighted by Crippen LogP contribution is 2.35. The van der Waals surface area contributed by atoms with Crippen LogP contribution in [0.3, 0.4) is 0 Å². The van der Waals surface area contributed by atoms with Crippen LogP contribution >= 0.6 is 15.9 Å². The van der Waals surface area contributed by atoms with Crippen molar-refractivity contribution in [1.29, 1.82) is 0 Å². The Morgan fingerprint density at radius 2 is 1.84 bits per heavy atom. The van der Waals surface area contributed by atoms with Crippen molar-refractivity contribution in [1.82, 2.24) is 25.6 Å². The number of aromatic nitrogens is 3. The van der Waals surface area contributed by atoms with Gasteiger partial charge in [0, 0.05) is 27.7 Å². The molecule has 1 aromatic carbocycles. The first-order valence-corrected chi connectivity index (χ1v) is 10.9. The van der Waals surface area contributed by atoms with E-state index in [0.29, 0.717) is 36.7 Å². The van der Waals surface area contributed by atoms with Crippen molar-refractivity contribution in [2.45, 2.75) is 39.7 Å². The van der Waals surface area contributed by atoms with Crippen LogP contribution in [0.1, 0.15) is 56.0 Å². The smallest absolute Gasteiger partial charge is 0.276 e. The number of hydrogen-bond acceptors (Lipinski definition) is 5. The molecule has 2 N–H and O–H groups in total. The molecule has 0 radical (unpaired) electrons. The molecular weight excluding hydrogens is 462 g/mol. The van der Waals surface area contributed by atoms with E-state index in [1.807, 2.05) is 52.0 Å². The molecule has 0 atom stereocenters. The summed E-state index contributed by atoms with van der Waals surface area (Å²) in [5, 5.41) is 14.1. The van der Waals surface area contributed by atoms with Gasteiger partial charge in [-0.3, -0.25) is 14.7 Å². The fourth-order valence-electron chi connectivity index (χ4n) is 3.88. The first-order valence-electron chi connectivity index (χ1n) is 10.1. The summed E-state index contributed by atoms with van der Waals surface area (Å²) < 4.78 is 6.23. The van der Waals surface area contributed by atoms with Gasteiger partial charge in [-0.05, 0) is 38.5 Å². The predicted molar refractivity (Wildman–Crippen MR) is 118 cm³/mol. The standard InChI is InChI=1S/C22H24BrN5O3/c1-5-17-13(3)19(27-31-17)21(30)28-10-22(11-28,15-6-8-16(23)9-7-15)24-20(29)18-12(2)14(4)25-26-18/h6-9H,5,10-11H2,1-4H3,(H,24,29)(H,25,26). The summed E-state index contributed by atoms with van der Waals surface area (Å²) in [4.78, 5) is 27.7. The van der Waals surface area contributed by atoms with E-state index in [2.05, 4.69) is 36.6 Å². The van der Waals surface area contributed by atoms with Crippen LogP contribution in [-0.4, -0.2) is 45.2 Å². The van der Waals surface area contributed by atoms with Gasteiger partial charge in [0.15, 0.2) is 11.4 Å². The number of nitrogens with one attached hydrogen (secondary N) is 2. The van der Waals surface area contributed by atoms with Crippen LogP contribution in [0, 0.1) is 20.8 Å².